The Hall–Kier alpha value is -2.11. The van der Waals surface area contributed by atoms with Gasteiger partial charge in [-0.3, -0.25) is 5.32 Å². The molecule has 0 aromatic carbocycles. The number of aryl methyl sites for hydroxylation is 1. The number of amides is 2. The fourth-order valence-corrected chi connectivity index (χ4v) is 0.958. The Morgan fingerprint density at radius 2 is 2.25 bits per heavy atom. The van der Waals surface area contributed by atoms with Gasteiger partial charge in [0.25, 0.3) is 0 Å². The Labute approximate surface area is 94.2 Å². The highest BCUT2D eigenvalue weighted by Crippen LogP contribution is 2.12. The fourth-order valence-electron chi connectivity index (χ4n) is 0.958. The molecule has 0 fully saturated rings. The first-order valence-corrected chi connectivity index (χ1v) is 4.75. The summed E-state index contributed by atoms with van der Waals surface area (Å²) in [5, 5.41) is 2.43. The molecule has 6 heteroatoms. The lowest BCUT2D eigenvalue weighted by atomic mass is 10.3. The molecule has 0 aliphatic carbocycles. The molecule has 86 valence electrons. The minimum Gasteiger partial charge on any atom is -0.369 e. The van der Waals surface area contributed by atoms with E-state index in [0.29, 0.717) is 5.82 Å². The Morgan fingerprint density at radius 1 is 1.56 bits per heavy atom. The van der Waals surface area contributed by atoms with Crippen LogP contribution in [-0.2, 0) is 0 Å². The second-order valence-electron chi connectivity index (χ2n) is 3.47. The van der Waals surface area contributed by atoms with Gasteiger partial charge in [-0.15, -0.1) is 0 Å². The molecule has 0 saturated heterocycles. The molecule has 16 heavy (non-hydrogen) atoms. The molecule has 0 atom stereocenters. The van der Waals surface area contributed by atoms with Crippen LogP contribution in [0.1, 0.15) is 5.56 Å². The van der Waals surface area contributed by atoms with Gasteiger partial charge in [-0.25, -0.2) is 9.78 Å². The second kappa shape index (κ2) is 5.11. The maximum Gasteiger partial charge on any atom is 0.323 e. The summed E-state index contributed by atoms with van der Waals surface area (Å²) in [6.45, 7) is 1.87. The van der Waals surface area contributed by atoms with Crippen molar-refractivity contribution in [2.75, 3.05) is 14.1 Å². The maximum absolute atomic E-state index is 11.3. The number of aliphatic imine (C=N–C) groups is 1. The van der Waals surface area contributed by atoms with Crippen LogP contribution in [0.4, 0.5) is 10.6 Å². The van der Waals surface area contributed by atoms with Crippen LogP contribution in [0.5, 0.6) is 0 Å². The van der Waals surface area contributed by atoms with Gasteiger partial charge >= 0.3 is 6.03 Å². The van der Waals surface area contributed by atoms with Crippen LogP contribution >= 0.6 is 0 Å². The van der Waals surface area contributed by atoms with Gasteiger partial charge in [0.05, 0.1) is 0 Å². The van der Waals surface area contributed by atoms with E-state index in [1.54, 1.807) is 20.3 Å². The highest BCUT2D eigenvalue weighted by molar-refractivity contribution is 5.96. The average Bonchev–Trinajstić information content (AvgIpc) is 2.21. The second-order valence-corrected chi connectivity index (χ2v) is 3.47. The minimum absolute atomic E-state index is 0.0282. The van der Waals surface area contributed by atoms with Gasteiger partial charge in [-0.1, -0.05) is 6.07 Å². The molecule has 0 unspecified atom stereocenters. The number of carbonyl (C=O) groups is 1. The first-order valence-electron chi connectivity index (χ1n) is 4.75. The Balaban J connectivity index is 2.78. The number of guanidine groups is 1. The molecule has 0 aliphatic heterocycles. The number of nitrogens with one attached hydrogen (secondary N) is 1. The number of nitrogens with zero attached hydrogens (tertiary/aromatic N) is 3. The molecule has 1 rings (SSSR count). The number of hydrogen-bond donors (Lipinski definition) is 2. The molecule has 1 aromatic rings. The number of urea groups is 1. The van der Waals surface area contributed by atoms with Crippen LogP contribution < -0.4 is 11.1 Å². The summed E-state index contributed by atoms with van der Waals surface area (Å²) in [5.41, 5.74) is 6.46. The molecule has 0 spiro atoms. The van der Waals surface area contributed by atoms with E-state index < -0.39 is 0 Å². The lowest BCUT2D eigenvalue weighted by Crippen LogP contribution is -2.42. The van der Waals surface area contributed by atoms with Crippen molar-refractivity contribution in [3.05, 3.63) is 23.9 Å². The molecular formula is C10H15N5O. The zero-order valence-electron chi connectivity index (χ0n) is 9.56. The van der Waals surface area contributed by atoms with Crippen molar-refractivity contribution >= 4 is 17.8 Å². The third kappa shape index (κ3) is 3.23. The zero-order chi connectivity index (χ0) is 12.1. The highest BCUT2D eigenvalue weighted by Gasteiger charge is 2.05. The summed E-state index contributed by atoms with van der Waals surface area (Å²) in [5.74, 6) is 0.527. The molecule has 0 saturated carbocycles. The molecule has 1 heterocycles. The fraction of sp³-hybridized carbons (Fsp3) is 0.300. The smallest absolute Gasteiger partial charge is 0.323 e. The number of nitrogens with two attached hydrogens (primary N) is 1. The summed E-state index contributed by atoms with van der Waals surface area (Å²) in [7, 11) is 3.24. The first-order chi connectivity index (χ1) is 7.50. The molecule has 0 aliphatic rings. The van der Waals surface area contributed by atoms with E-state index in [4.69, 9.17) is 5.73 Å². The Bertz CT molecular complexity index is 413. The van der Waals surface area contributed by atoms with Gasteiger partial charge in [-0.2, -0.15) is 4.99 Å². The lowest BCUT2D eigenvalue weighted by Gasteiger charge is -2.11. The lowest BCUT2D eigenvalue weighted by molar-refractivity contribution is 0.222. The number of pyridine rings is 1. The number of aromatic nitrogens is 1. The normalized spacial score (nSPS) is 11.1. The number of rotatable bonds is 1. The quantitative estimate of drug-likeness (QED) is 0.538. The van der Waals surface area contributed by atoms with Crippen molar-refractivity contribution in [1.29, 1.82) is 0 Å². The number of carbonyl (C=O) groups excluding carboxylic acids is 1. The van der Waals surface area contributed by atoms with Crippen molar-refractivity contribution < 1.29 is 4.79 Å². The zero-order valence-corrected chi connectivity index (χ0v) is 9.56. The third-order valence-electron chi connectivity index (χ3n) is 1.85. The Morgan fingerprint density at radius 3 is 2.81 bits per heavy atom. The summed E-state index contributed by atoms with van der Waals surface area (Å²) in [6, 6.07) is 3.35. The minimum atomic E-state index is -0.324. The van der Waals surface area contributed by atoms with E-state index in [0.717, 1.165) is 5.56 Å². The van der Waals surface area contributed by atoms with E-state index in [-0.39, 0.29) is 12.0 Å². The van der Waals surface area contributed by atoms with E-state index in [9.17, 15) is 4.79 Å². The highest BCUT2D eigenvalue weighted by atomic mass is 16.2. The molecule has 0 bridgehead atoms. The third-order valence-corrected chi connectivity index (χ3v) is 1.85. The van der Waals surface area contributed by atoms with Crippen LogP contribution in [0.3, 0.4) is 0 Å². The van der Waals surface area contributed by atoms with Crippen molar-refractivity contribution in [3.63, 3.8) is 0 Å². The van der Waals surface area contributed by atoms with Crippen molar-refractivity contribution in [2.45, 2.75) is 6.92 Å². The van der Waals surface area contributed by atoms with Crippen LogP contribution in [-0.4, -0.2) is 36.0 Å². The monoisotopic (exact) mass is 221 g/mol. The Kier molecular flexibility index (Phi) is 3.82. The summed E-state index contributed by atoms with van der Waals surface area (Å²) < 4.78 is 0. The van der Waals surface area contributed by atoms with Gasteiger partial charge in [0.1, 0.15) is 0 Å². The predicted molar refractivity (Wildman–Crippen MR) is 62.5 cm³/mol. The predicted octanol–water partition coefficient (Wildman–Crippen LogP) is 0.607. The standard InChI is InChI=1S/C10H15N5O/c1-7-5-4-6-12-8(7)13-9(11)14-10(16)15(2)3/h4-6H,1-3H3,(H3,11,12,13,14,16). The van der Waals surface area contributed by atoms with Crippen LogP contribution in [0.2, 0.25) is 0 Å². The SMILES string of the molecule is Cc1cccnc1/N=C(\N)NC(=O)N(C)C. The van der Waals surface area contributed by atoms with Gasteiger partial charge in [0.2, 0.25) is 5.96 Å². The molecule has 0 radical (unpaired) electrons. The first kappa shape index (κ1) is 12.0. The van der Waals surface area contributed by atoms with Gasteiger partial charge in [-0.05, 0) is 18.6 Å². The van der Waals surface area contributed by atoms with Crippen molar-refractivity contribution in [3.8, 4) is 0 Å². The van der Waals surface area contributed by atoms with Crippen molar-refractivity contribution in [1.82, 2.24) is 15.2 Å². The van der Waals surface area contributed by atoms with Crippen molar-refractivity contribution in [2.24, 2.45) is 10.7 Å². The topological polar surface area (TPSA) is 83.6 Å². The average molecular weight is 221 g/mol. The van der Waals surface area contributed by atoms with Crippen LogP contribution in [0.25, 0.3) is 0 Å². The molecule has 1 aromatic heterocycles. The van der Waals surface area contributed by atoms with Crippen LogP contribution in [0, 0.1) is 6.92 Å². The number of hydrogen-bond acceptors (Lipinski definition) is 3. The van der Waals surface area contributed by atoms with E-state index >= 15 is 0 Å². The van der Waals surface area contributed by atoms with E-state index in [2.05, 4.69) is 15.3 Å². The van der Waals surface area contributed by atoms with Crippen LogP contribution in [0.15, 0.2) is 23.3 Å². The van der Waals surface area contributed by atoms with E-state index in [1.807, 2.05) is 19.1 Å². The summed E-state index contributed by atoms with van der Waals surface area (Å²) in [4.78, 5) is 20.7. The largest absolute Gasteiger partial charge is 0.369 e. The molecule has 2 amide bonds. The molecule has 6 nitrogen and oxygen atoms in total. The van der Waals surface area contributed by atoms with Gasteiger partial charge in [0.15, 0.2) is 5.82 Å². The van der Waals surface area contributed by atoms with Gasteiger partial charge < -0.3 is 10.6 Å². The van der Waals surface area contributed by atoms with Gasteiger partial charge in [0, 0.05) is 20.3 Å². The molecule has 3 N–H and O–H groups in total. The molecular weight excluding hydrogens is 206 g/mol. The summed E-state index contributed by atoms with van der Waals surface area (Å²) in [6.07, 6.45) is 1.62. The maximum atomic E-state index is 11.3. The van der Waals surface area contributed by atoms with E-state index in [1.165, 1.54) is 4.90 Å². The summed E-state index contributed by atoms with van der Waals surface area (Å²) >= 11 is 0.